The SMILES string of the molecule is COc1nc(-c2cccc(-c3cccc(-c4cnc(CN5CCCC6(C5)N=C(C)NC6=O)c(OC)n4)c3Cl)c2Cl)cnc1CCC[C@@H]1CCC(=O)N1. The van der Waals surface area contributed by atoms with E-state index in [0.717, 1.165) is 49.0 Å². The first-order chi connectivity index (χ1) is 25.2. The van der Waals surface area contributed by atoms with Gasteiger partial charge in [0.2, 0.25) is 17.7 Å². The Hall–Kier alpha value is -4.65. The van der Waals surface area contributed by atoms with Crippen molar-refractivity contribution >= 4 is 40.9 Å². The number of carbonyl (C=O) groups excluding carboxylic acids is 2. The Labute approximate surface area is 312 Å². The number of ether oxygens (including phenoxy) is 2. The number of amidine groups is 1. The number of aromatic nitrogens is 4. The second-order valence-corrected chi connectivity index (χ2v) is 14.2. The molecular weight excluding hydrogens is 703 g/mol. The van der Waals surface area contributed by atoms with E-state index in [4.69, 9.17) is 52.6 Å². The van der Waals surface area contributed by atoms with Crippen LogP contribution in [-0.4, -0.2) is 81.4 Å². The minimum atomic E-state index is -0.756. The third-order valence-corrected chi connectivity index (χ3v) is 10.7. The highest BCUT2D eigenvalue weighted by molar-refractivity contribution is 6.39. The van der Waals surface area contributed by atoms with Gasteiger partial charge in [-0.05, 0) is 52.0 Å². The van der Waals surface area contributed by atoms with Crippen LogP contribution in [0.3, 0.4) is 0 Å². The van der Waals surface area contributed by atoms with Gasteiger partial charge < -0.3 is 20.1 Å². The Morgan fingerprint density at radius 2 is 1.52 bits per heavy atom. The Morgan fingerprint density at radius 3 is 2.10 bits per heavy atom. The van der Waals surface area contributed by atoms with Crippen molar-refractivity contribution in [1.29, 1.82) is 0 Å². The monoisotopic (exact) mass is 742 g/mol. The van der Waals surface area contributed by atoms with E-state index in [1.165, 1.54) is 0 Å². The van der Waals surface area contributed by atoms with Crippen LogP contribution in [0.25, 0.3) is 33.6 Å². The van der Waals surface area contributed by atoms with E-state index in [-0.39, 0.29) is 17.9 Å². The summed E-state index contributed by atoms with van der Waals surface area (Å²) in [5.74, 6) is 1.55. The standard InChI is InChI=1S/C38H40Cl2N8O4/c1-22-43-37(50)38(47-22)16-7-17-48(21-38)20-31-36(52-3)46-30(19-42-31)27-12-6-10-25(34(27)40)24-9-5-11-26(33(24)39)29-18-41-28(35(45-29)51-2)13-4-8-23-14-15-32(49)44-23/h5-6,9-12,18-19,23H,4,7-8,13-17,20-21H2,1-3H3,(H,44,49)(H,43,47,50)/t23-,38?/m1/s1. The largest absolute Gasteiger partial charge is 0.480 e. The van der Waals surface area contributed by atoms with E-state index < -0.39 is 5.54 Å². The molecule has 3 aliphatic rings. The lowest BCUT2D eigenvalue weighted by molar-refractivity contribution is -0.125. The molecule has 0 saturated carbocycles. The first-order valence-corrected chi connectivity index (χ1v) is 18.2. The summed E-state index contributed by atoms with van der Waals surface area (Å²) in [5.41, 5.74) is 4.58. The Balaban J connectivity index is 1.11. The molecule has 12 nitrogen and oxygen atoms in total. The topological polar surface area (TPSA) is 144 Å². The predicted molar refractivity (Wildman–Crippen MR) is 200 cm³/mol. The fourth-order valence-electron chi connectivity index (χ4n) is 7.37. The maximum Gasteiger partial charge on any atom is 0.254 e. The van der Waals surface area contributed by atoms with Gasteiger partial charge in [0.25, 0.3) is 5.91 Å². The van der Waals surface area contributed by atoms with Crippen molar-refractivity contribution in [3.63, 3.8) is 0 Å². The molecule has 2 saturated heterocycles. The summed E-state index contributed by atoms with van der Waals surface area (Å²) in [6.07, 6.45) is 8.84. The molecule has 2 atom stereocenters. The van der Waals surface area contributed by atoms with Gasteiger partial charge in [-0.3, -0.25) is 29.4 Å². The number of piperidine rings is 1. The lowest BCUT2D eigenvalue weighted by atomic mass is 9.89. The number of likely N-dealkylation sites (tertiary alicyclic amines) is 1. The summed E-state index contributed by atoms with van der Waals surface area (Å²) >= 11 is 14.2. The Morgan fingerprint density at radius 1 is 0.904 bits per heavy atom. The molecule has 1 spiro atoms. The summed E-state index contributed by atoms with van der Waals surface area (Å²) < 4.78 is 11.3. The number of hydrogen-bond donors (Lipinski definition) is 2. The van der Waals surface area contributed by atoms with Gasteiger partial charge in [-0.2, -0.15) is 0 Å². The number of amides is 2. The highest BCUT2D eigenvalue weighted by Crippen LogP contribution is 2.42. The Bertz CT molecular complexity index is 2060. The fraction of sp³-hybridized carbons (Fsp3) is 0.395. The van der Waals surface area contributed by atoms with Crippen LogP contribution in [0, 0.1) is 0 Å². The van der Waals surface area contributed by atoms with E-state index in [2.05, 4.69) is 20.5 Å². The minimum Gasteiger partial charge on any atom is -0.480 e. The quantitative estimate of drug-likeness (QED) is 0.187. The normalized spacial score (nSPS) is 20.2. The smallest absolute Gasteiger partial charge is 0.254 e. The van der Waals surface area contributed by atoms with E-state index in [1.807, 2.05) is 43.3 Å². The number of benzene rings is 2. The number of aryl methyl sites for hydroxylation is 1. The zero-order chi connectivity index (χ0) is 36.4. The number of hydrogen-bond acceptors (Lipinski definition) is 10. The van der Waals surface area contributed by atoms with Crippen LogP contribution in [0.15, 0.2) is 53.8 Å². The molecule has 0 aliphatic carbocycles. The van der Waals surface area contributed by atoms with Gasteiger partial charge in [0.05, 0.1) is 48.0 Å². The molecule has 4 aromatic rings. The molecule has 2 N–H and O–H groups in total. The molecule has 3 aliphatic heterocycles. The van der Waals surface area contributed by atoms with Crippen molar-refractivity contribution in [2.45, 2.75) is 70.0 Å². The molecule has 2 fully saturated rings. The molecule has 1 unspecified atom stereocenters. The molecule has 52 heavy (non-hydrogen) atoms. The highest BCUT2D eigenvalue weighted by atomic mass is 35.5. The number of halogens is 2. The highest BCUT2D eigenvalue weighted by Gasteiger charge is 2.45. The van der Waals surface area contributed by atoms with Crippen LogP contribution < -0.4 is 20.1 Å². The predicted octanol–water partition coefficient (Wildman–Crippen LogP) is 6.08. The zero-order valence-corrected chi connectivity index (χ0v) is 30.9. The van der Waals surface area contributed by atoms with Gasteiger partial charge in [0.15, 0.2) is 5.54 Å². The van der Waals surface area contributed by atoms with Gasteiger partial charge in [0, 0.05) is 47.8 Å². The van der Waals surface area contributed by atoms with Gasteiger partial charge in [-0.1, -0.05) is 59.6 Å². The summed E-state index contributed by atoms with van der Waals surface area (Å²) in [4.78, 5) is 50.1. The number of methoxy groups -OCH3 is 2. The van der Waals surface area contributed by atoms with Crippen molar-refractivity contribution in [1.82, 2.24) is 35.5 Å². The first-order valence-electron chi connectivity index (χ1n) is 17.5. The first kappa shape index (κ1) is 35.7. The number of nitrogens with one attached hydrogen (secondary N) is 2. The summed E-state index contributed by atoms with van der Waals surface area (Å²) in [7, 11) is 3.15. The molecule has 0 bridgehead atoms. The average Bonchev–Trinajstić information content (AvgIpc) is 3.68. The van der Waals surface area contributed by atoms with Crippen molar-refractivity contribution in [2.24, 2.45) is 4.99 Å². The van der Waals surface area contributed by atoms with Gasteiger partial charge >= 0.3 is 0 Å². The van der Waals surface area contributed by atoms with E-state index in [1.54, 1.807) is 26.6 Å². The van der Waals surface area contributed by atoms with E-state index in [9.17, 15) is 9.59 Å². The number of nitrogens with zero attached hydrogens (tertiary/aromatic N) is 6. The minimum absolute atomic E-state index is 0.0480. The Kier molecular flexibility index (Phi) is 10.4. The number of rotatable bonds is 11. The van der Waals surface area contributed by atoms with Crippen LogP contribution in [0.4, 0.5) is 0 Å². The number of carbonyl (C=O) groups is 2. The molecule has 0 radical (unpaired) electrons. The van der Waals surface area contributed by atoms with Crippen LogP contribution in [0.5, 0.6) is 11.8 Å². The molecule has 5 heterocycles. The third-order valence-electron chi connectivity index (χ3n) is 9.92. The van der Waals surface area contributed by atoms with Gasteiger partial charge in [0.1, 0.15) is 17.2 Å². The molecule has 7 rings (SSSR count). The fourth-order valence-corrected chi connectivity index (χ4v) is 8.02. The lowest BCUT2D eigenvalue weighted by Gasteiger charge is -2.36. The van der Waals surface area contributed by atoms with Crippen molar-refractivity contribution in [2.75, 3.05) is 27.3 Å². The zero-order valence-electron chi connectivity index (χ0n) is 29.3. The molecule has 2 amide bonds. The maximum atomic E-state index is 12.7. The molecule has 2 aromatic heterocycles. The second-order valence-electron chi connectivity index (χ2n) is 13.4. The van der Waals surface area contributed by atoms with E-state index >= 15 is 0 Å². The van der Waals surface area contributed by atoms with Crippen LogP contribution in [0.2, 0.25) is 10.0 Å². The van der Waals surface area contributed by atoms with Crippen molar-refractivity contribution in [3.8, 4) is 45.4 Å². The third kappa shape index (κ3) is 7.19. The summed E-state index contributed by atoms with van der Waals surface area (Å²) in [6.45, 7) is 3.60. The lowest BCUT2D eigenvalue weighted by Crippen LogP contribution is -2.52. The summed E-state index contributed by atoms with van der Waals surface area (Å²) in [6, 6.07) is 11.6. The van der Waals surface area contributed by atoms with Crippen LogP contribution >= 0.6 is 23.2 Å². The van der Waals surface area contributed by atoms with Gasteiger partial charge in [-0.25, -0.2) is 9.97 Å². The molecule has 270 valence electrons. The average molecular weight is 744 g/mol. The number of aliphatic imine (C=N–C) groups is 1. The second kappa shape index (κ2) is 15.1. The van der Waals surface area contributed by atoms with E-state index in [0.29, 0.717) is 88.2 Å². The van der Waals surface area contributed by atoms with Crippen LogP contribution in [0.1, 0.15) is 56.8 Å². The van der Waals surface area contributed by atoms with Crippen LogP contribution in [-0.2, 0) is 22.6 Å². The van der Waals surface area contributed by atoms with Gasteiger partial charge in [-0.15, -0.1) is 0 Å². The van der Waals surface area contributed by atoms with Crippen molar-refractivity contribution in [3.05, 3.63) is 70.2 Å². The maximum absolute atomic E-state index is 12.7. The van der Waals surface area contributed by atoms with Crippen molar-refractivity contribution < 1.29 is 19.1 Å². The molecular formula is C38H40Cl2N8O4. The summed E-state index contributed by atoms with van der Waals surface area (Å²) in [5, 5.41) is 6.80. The molecule has 2 aromatic carbocycles. The molecule has 14 heteroatoms.